The predicted octanol–water partition coefficient (Wildman–Crippen LogP) is 4.05. The molecule has 1 atom stereocenters. The molecule has 0 bridgehead atoms. The number of carbonyl (C=O) groups excluding carboxylic acids is 1. The highest BCUT2D eigenvalue weighted by Gasteiger charge is 2.21. The highest BCUT2D eigenvalue weighted by Crippen LogP contribution is 2.31. The topological polar surface area (TPSA) is 94.0 Å². The van der Waals surface area contributed by atoms with Crippen LogP contribution in [0.3, 0.4) is 0 Å². The van der Waals surface area contributed by atoms with Gasteiger partial charge in [0.2, 0.25) is 11.2 Å². The van der Waals surface area contributed by atoms with E-state index in [-0.39, 0.29) is 17.4 Å². The van der Waals surface area contributed by atoms with E-state index in [1.807, 2.05) is 18.2 Å². The van der Waals surface area contributed by atoms with Crippen molar-refractivity contribution in [2.45, 2.75) is 25.5 Å². The molecule has 2 aromatic heterocycles. The molecule has 2 N–H and O–H groups in total. The van der Waals surface area contributed by atoms with Crippen LogP contribution in [0, 0.1) is 0 Å². The van der Waals surface area contributed by atoms with E-state index in [2.05, 4.69) is 32.3 Å². The van der Waals surface area contributed by atoms with E-state index in [0.717, 1.165) is 19.3 Å². The molecule has 9 heteroatoms. The molecule has 1 aliphatic heterocycles. The van der Waals surface area contributed by atoms with Gasteiger partial charge < -0.3 is 15.4 Å². The van der Waals surface area contributed by atoms with Gasteiger partial charge in [-0.1, -0.05) is 18.7 Å². The zero-order chi connectivity index (χ0) is 19.5. The summed E-state index contributed by atoms with van der Waals surface area (Å²) in [6.45, 7) is 4.18. The highest BCUT2D eigenvalue weighted by atomic mass is 35.5. The van der Waals surface area contributed by atoms with Crippen LogP contribution in [0.1, 0.15) is 25.5 Å². The summed E-state index contributed by atoms with van der Waals surface area (Å²) < 4.78 is 7.57. The molecule has 0 saturated carbocycles. The number of aromatic nitrogens is 4. The molecule has 144 valence electrons. The van der Waals surface area contributed by atoms with Gasteiger partial charge in [0.25, 0.3) is 0 Å². The second kappa shape index (κ2) is 7.95. The van der Waals surface area contributed by atoms with Gasteiger partial charge in [0.05, 0.1) is 23.0 Å². The molecular formula is C19H19ClN6O2. The van der Waals surface area contributed by atoms with E-state index in [0.29, 0.717) is 34.8 Å². The minimum Gasteiger partial charge on any atom is -0.356 e. The van der Waals surface area contributed by atoms with Crippen LogP contribution in [0.5, 0.6) is 0 Å². The van der Waals surface area contributed by atoms with E-state index in [1.165, 1.54) is 6.08 Å². The summed E-state index contributed by atoms with van der Waals surface area (Å²) >= 11 is 6.18. The van der Waals surface area contributed by atoms with Crippen LogP contribution in [-0.2, 0) is 9.53 Å². The number of ether oxygens (including phenoxy) is 1. The lowest BCUT2D eigenvalue weighted by Gasteiger charge is -2.23. The van der Waals surface area contributed by atoms with Gasteiger partial charge in [-0.2, -0.15) is 15.1 Å². The fraction of sp³-hybridized carbons (Fsp3) is 0.263. The Bertz CT molecular complexity index is 1030. The number of hydrogen-bond donors (Lipinski definition) is 2. The van der Waals surface area contributed by atoms with Gasteiger partial charge >= 0.3 is 0 Å². The first-order chi connectivity index (χ1) is 13.7. The number of nitrogens with zero attached hydrogens (tertiary/aromatic N) is 4. The number of nitrogens with one attached hydrogen (secondary N) is 2. The monoisotopic (exact) mass is 398 g/mol. The Kier molecular flexibility index (Phi) is 5.23. The number of halogens is 1. The molecule has 1 aliphatic rings. The fourth-order valence-corrected chi connectivity index (χ4v) is 3.30. The van der Waals surface area contributed by atoms with E-state index < -0.39 is 0 Å². The second-order valence-electron chi connectivity index (χ2n) is 6.35. The van der Waals surface area contributed by atoms with Crippen molar-refractivity contribution >= 4 is 45.7 Å². The molecular weight excluding hydrogens is 380 g/mol. The lowest BCUT2D eigenvalue weighted by atomic mass is 10.2. The first-order valence-corrected chi connectivity index (χ1v) is 9.35. The maximum atomic E-state index is 11.7. The van der Waals surface area contributed by atoms with Gasteiger partial charge in [0.15, 0.2) is 11.9 Å². The average Bonchev–Trinajstić information content (AvgIpc) is 3.14. The zero-order valence-corrected chi connectivity index (χ0v) is 15.8. The summed E-state index contributed by atoms with van der Waals surface area (Å²) in [5, 5.41) is 11.2. The molecule has 4 rings (SSSR count). The molecule has 8 nitrogen and oxygen atoms in total. The summed E-state index contributed by atoms with van der Waals surface area (Å²) in [5.74, 6) is 0.194. The quantitative estimate of drug-likeness (QED) is 0.497. The molecule has 3 aromatic rings. The van der Waals surface area contributed by atoms with Gasteiger partial charge in [-0.15, -0.1) is 0 Å². The maximum Gasteiger partial charge on any atom is 0.247 e. The molecule has 1 amide bonds. The molecule has 1 unspecified atom stereocenters. The van der Waals surface area contributed by atoms with Crippen LogP contribution in [0.2, 0.25) is 5.28 Å². The van der Waals surface area contributed by atoms with E-state index >= 15 is 0 Å². The van der Waals surface area contributed by atoms with Crippen molar-refractivity contribution in [2.24, 2.45) is 0 Å². The van der Waals surface area contributed by atoms with Crippen LogP contribution in [0.15, 0.2) is 43.1 Å². The molecule has 0 aliphatic carbocycles. The third kappa shape index (κ3) is 3.69. The van der Waals surface area contributed by atoms with Gasteiger partial charge in [0, 0.05) is 6.61 Å². The number of hydrogen-bond acceptors (Lipinski definition) is 6. The van der Waals surface area contributed by atoms with Crippen molar-refractivity contribution in [3.63, 3.8) is 0 Å². The van der Waals surface area contributed by atoms with E-state index in [4.69, 9.17) is 16.3 Å². The lowest BCUT2D eigenvalue weighted by Crippen LogP contribution is -2.19. The van der Waals surface area contributed by atoms with Crippen molar-refractivity contribution in [3.8, 4) is 0 Å². The molecule has 0 radical (unpaired) electrons. The Morgan fingerprint density at radius 2 is 2.11 bits per heavy atom. The second-order valence-corrected chi connectivity index (χ2v) is 6.69. The minimum atomic E-state index is -0.303. The Morgan fingerprint density at radius 3 is 2.86 bits per heavy atom. The molecule has 0 spiro atoms. The van der Waals surface area contributed by atoms with Crippen LogP contribution in [0.4, 0.5) is 17.2 Å². The number of rotatable bonds is 5. The highest BCUT2D eigenvalue weighted by molar-refractivity contribution is 6.28. The molecule has 1 saturated heterocycles. The lowest BCUT2D eigenvalue weighted by molar-refractivity contribution is -0.111. The molecule has 1 fully saturated rings. The summed E-state index contributed by atoms with van der Waals surface area (Å²) in [6, 6.07) is 7.29. The van der Waals surface area contributed by atoms with Crippen LogP contribution in [0.25, 0.3) is 11.0 Å². The SMILES string of the molecule is C=CC(=O)Nc1ccccc1Nc1nc(Cl)nc2c1cnn2C1CCCCO1. The number of amides is 1. The van der Waals surface area contributed by atoms with Crippen molar-refractivity contribution in [3.05, 3.63) is 48.4 Å². The summed E-state index contributed by atoms with van der Waals surface area (Å²) in [5.41, 5.74) is 1.86. The number of anilines is 3. The minimum absolute atomic E-state index is 0.0974. The van der Waals surface area contributed by atoms with Gasteiger partial charge in [-0.05, 0) is 49.1 Å². The normalized spacial score (nSPS) is 16.7. The third-order valence-corrected chi connectivity index (χ3v) is 4.65. The Hall–Kier alpha value is -2.97. The summed E-state index contributed by atoms with van der Waals surface area (Å²) in [4.78, 5) is 20.4. The standard InChI is InChI=1S/C19H19ClN6O2/c1-2-15(27)22-13-7-3-4-8-14(13)23-17-12-11-21-26(16-9-5-6-10-28-16)18(12)25-19(20)24-17/h2-4,7-8,11,16H,1,5-6,9-10H2,(H,22,27)(H,23,24,25). The first kappa shape index (κ1) is 18.4. The van der Waals surface area contributed by atoms with Gasteiger partial charge in [-0.25, -0.2) is 4.68 Å². The van der Waals surface area contributed by atoms with Crippen LogP contribution < -0.4 is 10.6 Å². The zero-order valence-electron chi connectivity index (χ0n) is 15.1. The molecule has 1 aromatic carbocycles. The number of carbonyl (C=O) groups is 1. The molecule has 3 heterocycles. The fourth-order valence-electron chi connectivity index (χ4n) is 3.13. The Labute approximate surface area is 166 Å². The summed E-state index contributed by atoms with van der Waals surface area (Å²) in [7, 11) is 0. The predicted molar refractivity (Wildman–Crippen MR) is 108 cm³/mol. The summed E-state index contributed by atoms with van der Waals surface area (Å²) in [6.07, 6.45) is 5.74. The van der Waals surface area contributed by atoms with Crippen molar-refractivity contribution in [1.82, 2.24) is 19.7 Å². The van der Waals surface area contributed by atoms with E-state index in [9.17, 15) is 4.79 Å². The number of fused-ring (bicyclic) bond motifs is 1. The Balaban J connectivity index is 1.71. The average molecular weight is 399 g/mol. The van der Waals surface area contributed by atoms with Crippen LogP contribution >= 0.6 is 11.6 Å². The largest absolute Gasteiger partial charge is 0.356 e. The Morgan fingerprint density at radius 1 is 1.29 bits per heavy atom. The number of benzene rings is 1. The maximum absolute atomic E-state index is 11.7. The third-order valence-electron chi connectivity index (χ3n) is 4.48. The molecule has 28 heavy (non-hydrogen) atoms. The van der Waals surface area contributed by atoms with Crippen molar-refractivity contribution < 1.29 is 9.53 Å². The van der Waals surface area contributed by atoms with Crippen LogP contribution in [-0.4, -0.2) is 32.3 Å². The first-order valence-electron chi connectivity index (χ1n) is 8.97. The smallest absolute Gasteiger partial charge is 0.247 e. The van der Waals surface area contributed by atoms with Crippen molar-refractivity contribution in [2.75, 3.05) is 17.2 Å². The van der Waals surface area contributed by atoms with E-state index in [1.54, 1.807) is 16.9 Å². The number of para-hydroxylation sites is 2. The van der Waals surface area contributed by atoms with Gasteiger partial charge in [-0.3, -0.25) is 4.79 Å². The van der Waals surface area contributed by atoms with Gasteiger partial charge in [0.1, 0.15) is 5.82 Å². The van der Waals surface area contributed by atoms with Crippen molar-refractivity contribution in [1.29, 1.82) is 0 Å².